The minimum absolute atomic E-state index is 0.0334. The van der Waals surface area contributed by atoms with Gasteiger partial charge in [0.2, 0.25) is 5.95 Å². The molecule has 4 aromatic rings. The number of aromatic amines is 1. The standard InChI is InChI=1S/C17H12N6O5/c24-14-12-13(20-17(21-14)23-7-11(5-19-23)16(27)28)22(8-18-12)6-9-2-1-3-10(4-9)15(25)26/h1-5,7-8H,6H2,(H,25,26)(H,27,28)(H,20,21,24). The first-order valence-electron chi connectivity index (χ1n) is 7.98. The molecule has 3 N–H and O–H groups in total. The molecule has 0 bridgehead atoms. The predicted molar refractivity (Wildman–Crippen MR) is 94.7 cm³/mol. The van der Waals surface area contributed by atoms with Crippen LogP contribution in [0.1, 0.15) is 26.3 Å². The minimum atomic E-state index is -1.15. The Kier molecular flexibility index (Phi) is 3.96. The van der Waals surface area contributed by atoms with Gasteiger partial charge >= 0.3 is 11.9 Å². The number of fused-ring (bicyclic) bond motifs is 1. The fourth-order valence-corrected chi connectivity index (χ4v) is 2.71. The van der Waals surface area contributed by atoms with E-state index in [9.17, 15) is 14.4 Å². The third-order valence-corrected chi connectivity index (χ3v) is 4.04. The first-order chi connectivity index (χ1) is 13.4. The van der Waals surface area contributed by atoms with Gasteiger partial charge in [0.25, 0.3) is 5.56 Å². The number of aromatic nitrogens is 6. The highest BCUT2D eigenvalue weighted by molar-refractivity contribution is 5.88. The van der Waals surface area contributed by atoms with E-state index in [1.165, 1.54) is 24.7 Å². The molecular weight excluding hydrogens is 368 g/mol. The van der Waals surface area contributed by atoms with Gasteiger partial charge in [-0.25, -0.2) is 19.3 Å². The minimum Gasteiger partial charge on any atom is -0.478 e. The highest BCUT2D eigenvalue weighted by Crippen LogP contribution is 2.13. The van der Waals surface area contributed by atoms with Crippen LogP contribution in [0.2, 0.25) is 0 Å². The Bertz CT molecular complexity index is 1280. The third-order valence-electron chi connectivity index (χ3n) is 4.04. The summed E-state index contributed by atoms with van der Waals surface area (Å²) in [4.78, 5) is 45.4. The predicted octanol–water partition coefficient (Wildman–Crippen LogP) is 0.750. The number of hydrogen-bond acceptors (Lipinski definition) is 6. The Morgan fingerprint density at radius 1 is 1.14 bits per heavy atom. The number of carboxylic acid groups (broad SMARTS) is 2. The summed E-state index contributed by atoms with van der Waals surface area (Å²) in [7, 11) is 0. The number of imidazole rings is 1. The second-order valence-electron chi connectivity index (χ2n) is 5.92. The SMILES string of the molecule is O=C(O)c1cccc(Cn2cnc3c(=O)[nH]c(-n4cc(C(=O)O)cn4)nc32)c1. The summed E-state index contributed by atoms with van der Waals surface area (Å²) in [5, 5.41) is 22.0. The van der Waals surface area contributed by atoms with Crippen molar-refractivity contribution in [2.45, 2.75) is 6.54 Å². The Hall–Kier alpha value is -4.28. The van der Waals surface area contributed by atoms with Crippen LogP contribution in [0.5, 0.6) is 0 Å². The smallest absolute Gasteiger partial charge is 0.338 e. The Morgan fingerprint density at radius 3 is 2.64 bits per heavy atom. The summed E-state index contributed by atoms with van der Waals surface area (Å²) in [5.74, 6) is -2.16. The van der Waals surface area contributed by atoms with E-state index in [0.29, 0.717) is 5.56 Å². The normalized spacial score (nSPS) is 11.0. The molecule has 11 heteroatoms. The van der Waals surface area contributed by atoms with Crippen molar-refractivity contribution >= 4 is 23.1 Å². The molecule has 140 valence electrons. The number of carboxylic acids is 2. The number of rotatable bonds is 5. The van der Waals surface area contributed by atoms with Crippen molar-refractivity contribution in [2.24, 2.45) is 0 Å². The number of hydrogen-bond donors (Lipinski definition) is 3. The molecule has 0 aliphatic heterocycles. The van der Waals surface area contributed by atoms with Crippen molar-refractivity contribution in [2.75, 3.05) is 0 Å². The lowest BCUT2D eigenvalue weighted by molar-refractivity contribution is 0.0686. The van der Waals surface area contributed by atoms with Crippen molar-refractivity contribution < 1.29 is 19.8 Å². The number of aromatic carboxylic acids is 2. The summed E-state index contributed by atoms with van der Waals surface area (Å²) in [6.45, 7) is 0.243. The molecule has 0 radical (unpaired) electrons. The fourth-order valence-electron chi connectivity index (χ4n) is 2.71. The number of nitrogens with one attached hydrogen (secondary N) is 1. The molecule has 0 amide bonds. The molecule has 11 nitrogen and oxygen atoms in total. The van der Waals surface area contributed by atoms with E-state index in [4.69, 9.17) is 10.2 Å². The molecule has 0 saturated heterocycles. The summed E-state index contributed by atoms with van der Waals surface area (Å²) in [5.41, 5.74) is 0.629. The fraction of sp³-hybridized carbons (Fsp3) is 0.0588. The molecule has 0 aliphatic carbocycles. The van der Waals surface area contributed by atoms with Crippen LogP contribution in [0.3, 0.4) is 0 Å². The van der Waals surface area contributed by atoms with Gasteiger partial charge < -0.3 is 14.8 Å². The zero-order chi connectivity index (χ0) is 19.8. The molecule has 4 rings (SSSR count). The molecule has 1 aromatic carbocycles. The van der Waals surface area contributed by atoms with E-state index in [0.717, 1.165) is 10.9 Å². The van der Waals surface area contributed by atoms with Crippen LogP contribution in [0.4, 0.5) is 0 Å². The number of benzene rings is 1. The van der Waals surface area contributed by atoms with Gasteiger partial charge in [-0.05, 0) is 17.7 Å². The van der Waals surface area contributed by atoms with E-state index in [2.05, 4.69) is 20.1 Å². The first-order valence-corrected chi connectivity index (χ1v) is 7.98. The number of nitrogens with zero attached hydrogens (tertiary/aromatic N) is 5. The maximum absolute atomic E-state index is 12.3. The van der Waals surface area contributed by atoms with Crippen LogP contribution in [0.25, 0.3) is 17.1 Å². The second-order valence-corrected chi connectivity index (χ2v) is 5.92. The second kappa shape index (κ2) is 6.46. The molecular formula is C17H12N6O5. The molecule has 0 saturated carbocycles. The monoisotopic (exact) mass is 380 g/mol. The quantitative estimate of drug-likeness (QED) is 0.458. The lowest BCUT2D eigenvalue weighted by Crippen LogP contribution is -2.15. The highest BCUT2D eigenvalue weighted by atomic mass is 16.4. The van der Waals surface area contributed by atoms with Gasteiger partial charge in [0.15, 0.2) is 11.2 Å². The highest BCUT2D eigenvalue weighted by Gasteiger charge is 2.14. The van der Waals surface area contributed by atoms with Gasteiger partial charge in [-0.15, -0.1) is 0 Å². The number of carbonyl (C=O) groups is 2. The lowest BCUT2D eigenvalue weighted by Gasteiger charge is -2.06. The van der Waals surface area contributed by atoms with Gasteiger partial charge in [-0.1, -0.05) is 12.1 Å². The van der Waals surface area contributed by atoms with E-state index in [1.54, 1.807) is 16.7 Å². The Balaban J connectivity index is 1.77. The molecule has 28 heavy (non-hydrogen) atoms. The van der Waals surface area contributed by atoms with Crippen molar-refractivity contribution in [3.05, 3.63) is 70.0 Å². The van der Waals surface area contributed by atoms with Gasteiger partial charge in [0.1, 0.15) is 0 Å². The molecule has 0 unspecified atom stereocenters. The van der Waals surface area contributed by atoms with E-state index in [-0.39, 0.29) is 34.8 Å². The molecule has 0 fully saturated rings. The Labute approximate surface area is 155 Å². The number of H-pyrrole nitrogens is 1. The van der Waals surface area contributed by atoms with Crippen LogP contribution < -0.4 is 5.56 Å². The van der Waals surface area contributed by atoms with Crippen LogP contribution in [0, 0.1) is 0 Å². The van der Waals surface area contributed by atoms with E-state index in [1.807, 2.05) is 0 Å². The lowest BCUT2D eigenvalue weighted by atomic mass is 10.1. The summed E-state index contributed by atoms with van der Waals surface area (Å²) >= 11 is 0. The molecule has 3 aromatic heterocycles. The molecule has 0 spiro atoms. The topological polar surface area (TPSA) is 156 Å². The maximum Gasteiger partial charge on any atom is 0.338 e. The zero-order valence-corrected chi connectivity index (χ0v) is 14.1. The maximum atomic E-state index is 12.3. The van der Waals surface area contributed by atoms with Crippen LogP contribution in [0.15, 0.2) is 47.8 Å². The molecule has 3 heterocycles. The van der Waals surface area contributed by atoms with Crippen LogP contribution in [-0.2, 0) is 6.54 Å². The molecule has 0 atom stereocenters. The largest absolute Gasteiger partial charge is 0.478 e. The van der Waals surface area contributed by atoms with E-state index >= 15 is 0 Å². The van der Waals surface area contributed by atoms with Gasteiger partial charge in [-0.2, -0.15) is 10.1 Å². The zero-order valence-electron chi connectivity index (χ0n) is 14.1. The van der Waals surface area contributed by atoms with Gasteiger partial charge in [0, 0.05) is 6.20 Å². The Morgan fingerprint density at radius 2 is 1.93 bits per heavy atom. The average Bonchev–Trinajstić information content (AvgIpc) is 3.30. The first kappa shape index (κ1) is 17.1. The van der Waals surface area contributed by atoms with Crippen LogP contribution in [-0.4, -0.2) is 51.5 Å². The van der Waals surface area contributed by atoms with Gasteiger partial charge in [-0.3, -0.25) is 9.78 Å². The molecule has 0 aliphatic rings. The van der Waals surface area contributed by atoms with Gasteiger partial charge in [0.05, 0.1) is 30.2 Å². The summed E-state index contributed by atoms with van der Waals surface area (Å²) in [6, 6.07) is 6.38. The summed E-state index contributed by atoms with van der Waals surface area (Å²) < 4.78 is 2.74. The van der Waals surface area contributed by atoms with Crippen molar-refractivity contribution in [1.29, 1.82) is 0 Å². The van der Waals surface area contributed by atoms with Crippen molar-refractivity contribution in [3.63, 3.8) is 0 Å². The third kappa shape index (κ3) is 3.00. The van der Waals surface area contributed by atoms with Crippen LogP contribution >= 0.6 is 0 Å². The summed E-state index contributed by atoms with van der Waals surface area (Å²) in [6.07, 6.45) is 3.79. The average molecular weight is 380 g/mol. The van der Waals surface area contributed by atoms with Crippen molar-refractivity contribution in [3.8, 4) is 5.95 Å². The van der Waals surface area contributed by atoms with Crippen molar-refractivity contribution in [1.82, 2.24) is 29.3 Å². The van der Waals surface area contributed by atoms with E-state index < -0.39 is 17.5 Å².